The van der Waals surface area contributed by atoms with E-state index in [1.54, 1.807) is 67.6 Å². The molecule has 3 aromatic carbocycles. The molecule has 220 valence electrons. The fourth-order valence-corrected chi connectivity index (χ4v) is 5.74. The maximum Gasteiger partial charge on any atom is 0.264 e. The molecule has 0 aliphatic carbocycles. The van der Waals surface area contributed by atoms with Crippen LogP contribution in [-0.2, 0) is 26.2 Å². The van der Waals surface area contributed by atoms with Gasteiger partial charge in [0.25, 0.3) is 10.0 Å². The zero-order valence-corrected chi connectivity index (χ0v) is 25.8. The van der Waals surface area contributed by atoms with Crippen molar-refractivity contribution in [2.24, 2.45) is 0 Å². The van der Waals surface area contributed by atoms with E-state index in [0.29, 0.717) is 40.1 Å². The van der Waals surface area contributed by atoms with E-state index in [1.807, 2.05) is 20.8 Å². The normalized spacial score (nSPS) is 12.7. The Morgan fingerprint density at radius 1 is 0.927 bits per heavy atom. The Hall–Kier alpha value is -3.27. The molecule has 0 unspecified atom stereocenters. The molecule has 0 aliphatic rings. The second-order valence-electron chi connectivity index (χ2n) is 9.52. The Morgan fingerprint density at radius 3 is 2.17 bits per heavy atom. The van der Waals surface area contributed by atoms with Crippen molar-refractivity contribution in [3.63, 3.8) is 0 Å². The minimum atomic E-state index is -4.18. The number of hydrogen-bond donors (Lipinski definition) is 1. The second kappa shape index (κ2) is 14.6. The van der Waals surface area contributed by atoms with E-state index < -0.39 is 28.5 Å². The largest absolute Gasteiger partial charge is 0.494 e. The van der Waals surface area contributed by atoms with E-state index in [9.17, 15) is 18.0 Å². The van der Waals surface area contributed by atoms with Crippen molar-refractivity contribution in [1.29, 1.82) is 0 Å². The molecule has 3 rings (SSSR count). The van der Waals surface area contributed by atoms with E-state index in [-0.39, 0.29) is 23.4 Å². The molecule has 0 bridgehead atoms. The van der Waals surface area contributed by atoms with Gasteiger partial charge in [0.15, 0.2) is 0 Å². The van der Waals surface area contributed by atoms with Crippen molar-refractivity contribution in [1.82, 2.24) is 10.2 Å². The first kappa shape index (κ1) is 32.2. The van der Waals surface area contributed by atoms with Crippen molar-refractivity contribution < 1.29 is 22.7 Å². The van der Waals surface area contributed by atoms with E-state index in [0.717, 1.165) is 4.31 Å². The van der Waals surface area contributed by atoms with Gasteiger partial charge in [0.05, 0.1) is 27.2 Å². The maximum absolute atomic E-state index is 14.0. The highest BCUT2D eigenvalue weighted by atomic mass is 35.5. The molecular weight excluding hydrogens is 585 g/mol. The highest BCUT2D eigenvalue weighted by Gasteiger charge is 2.32. The molecule has 0 fully saturated rings. The zero-order chi connectivity index (χ0) is 30.2. The van der Waals surface area contributed by atoms with Gasteiger partial charge in [-0.3, -0.25) is 13.9 Å². The molecule has 3 aromatic rings. The molecule has 41 heavy (non-hydrogen) atoms. The number of sulfonamides is 1. The predicted molar refractivity (Wildman–Crippen MR) is 163 cm³/mol. The highest BCUT2D eigenvalue weighted by Crippen LogP contribution is 2.27. The van der Waals surface area contributed by atoms with Gasteiger partial charge in [0.1, 0.15) is 18.3 Å². The number of nitrogens with one attached hydrogen (secondary N) is 1. The molecule has 8 nitrogen and oxygen atoms in total. The smallest absolute Gasteiger partial charge is 0.264 e. The van der Waals surface area contributed by atoms with Crippen LogP contribution in [0.3, 0.4) is 0 Å². The number of anilines is 1. The standard InChI is InChI=1S/C30H35Cl2N3O5S/c1-5-21(3)33-30(37)22(4)34(19-23-12-17-27(31)28(32)18-23)29(36)20-35(24-10-8-7-9-11-24)41(38,39)26-15-13-25(14-16-26)40-6-2/h7-18,21-22H,5-6,19-20H2,1-4H3,(H,33,37)/t21-,22+/m1/s1. The Balaban J connectivity index is 2.00. The molecule has 0 heterocycles. The third-order valence-corrected chi connectivity index (χ3v) is 9.08. The molecule has 0 spiro atoms. The average Bonchev–Trinajstić information content (AvgIpc) is 2.96. The van der Waals surface area contributed by atoms with Crippen LogP contribution in [0.2, 0.25) is 10.0 Å². The summed E-state index contributed by atoms with van der Waals surface area (Å²) in [6.07, 6.45) is 0.710. The predicted octanol–water partition coefficient (Wildman–Crippen LogP) is 5.92. The molecule has 0 radical (unpaired) electrons. The van der Waals surface area contributed by atoms with E-state index in [2.05, 4.69) is 5.32 Å². The second-order valence-corrected chi connectivity index (χ2v) is 12.2. The van der Waals surface area contributed by atoms with Crippen molar-refractivity contribution in [3.8, 4) is 5.75 Å². The van der Waals surface area contributed by atoms with Crippen molar-refractivity contribution in [2.75, 3.05) is 17.5 Å². The van der Waals surface area contributed by atoms with Crippen molar-refractivity contribution in [2.45, 2.75) is 57.6 Å². The molecular formula is C30H35Cl2N3O5S. The molecule has 11 heteroatoms. The lowest BCUT2D eigenvalue weighted by Gasteiger charge is -2.32. The molecule has 0 saturated heterocycles. The average molecular weight is 621 g/mol. The summed E-state index contributed by atoms with van der Waals surface area (Å²) in [7, 11) is -4.18. The quantitative estimate of drug-likeness (QED) is 0.256. The van der Waals surface area contributed by atoms with Gasteiger partial charge >= 0.3 is 0 Å². The van der Waals surface area contributed by atoms with Gasteiger partial charge in [0, 0.05) is 12.6 Å². The SMILES string of the molecule is CCOc1ccc(S(=O)(=O)N(CC(=O)N(Cc2ccc(Cl)c(Cl)c2)[C@@H](C)C(=O)N[C@H](C)CC)c2ccccc2)cc1. The lowest BCUT2D eigenvalue weighted by Crippen LogP contribution is -2.52. The van der Waals surface area contributed by atoms with Gasteiger partial charge in [-0.05, 0) is 81.3 Å². The third-order valence-electron chi connectivity index (χ3n) is 6.55. The summed E-state index contributed by atoms with van der Waals surface area (Å²) < 4.78 is 34.3. The third kappa shape index (κ3) is 8.38. The number of ether oxygens (including phenoxy) is 1. The van der Waals surface area contributed by atoms with Gasteiger partial charge in [-0.2, -0.15) is 0 Å². The minimum absolute atomic E-state index is 0.00352. The number of amides is 2. The zero-order valence-electron chi connectivity index (χ0n) is 23.5. The molecule has 0 saturated carbocycles. The monoisotopic (exact) mass is 619 g/mol. The van der Waals surface area contributed by atoms with Gasteiger partial charge < -0.3 is 15.0 Å². The van der Waals surface area contributed by atoms with Gasteiger partial charge in [0.2, 0.25) is 11.8 Å². The molecule has 0 aromatic heterocycles. The van der Waals surface area contributed by atoms with Crippen LogP contribution in [0.5, 0.6) is 5.75 Å². The van der Waals surface area contributed by atoms with Crippen LogP contribution in [0.15, 0.2) is 77.7 Å². The molecule has 1 N–H and O–H groups in total. The van der Waals surface area contributed by atoms with E-state index >= 15 is 0 Å². The summed E-state index contributed by atoms with van der Waals surface area (Å²) in [5.74, 6) is -0.391. The fourth-order valence-electron chi connectivity index (χ4n) is 4.01. The number of carbonyl (C=O) groups excluding carboxylic acids is 2. The van der Waals surface area contributed by atoms with Gasteiger partial charge in [-0.15, -0.1) is 0 Å². The van der Waals surface area contributed by atoms with Crippen LogP contribution >= 0.6 is 23.2 Å². The van der Waals surface area contributed by atoms with E-state index in [1.165, 1.54) is 17.0 Å². The summed E-state index contributed by atoms with van der Waals surface area (Å²) >= 11 is 12.3. The highest BCUT2D eigenvalue weighted by molar-refractivity contribution is 7.92. The number of carbonyl (C=O) groups is 2. The van der Waals surface area contributed by atoms with Crippen LogP contribution in [-0.4, -0.2) is 50.4 Å². The first-order valence-corrected chi connectivity index (χ1v) is 15.5. The summed E-state index contributed by atoms with van der Waals surface area (Å²) in [5.41, 5.74) is 0.942. The summed E-state index contributed by atoms with van der Waals surface area (Å²) in [6.45, 7) is 7.17. The number of para-hydroxylation sites is 1. The number of nitrogens with zero attached hydrogens (tertiary/aromatic N) is 2. The van der Waals surface area contributed by atoms with Crippen LogP contribution in [0, 0.1) is 0 Å². The van der Waals surface area contributed by atoms with Crippen LogP contribution in [0.4, 0.5) is 5.69 Å². The summed E-state index contributed by atoms with van der Waals surface area (Å²) in [5, 5.41) is 3.56. The molecule has 2 amide bonds. The molecule has 0 aliphatic heterocycles. The molecule has 2 atom stereocenters. The lowest BCUT2D eigenvalue weighted by atomic mass is 10.1. The Kier molecular flexibility index (Phi) is 11.5. The summed E-state index contributed by atoms with van der Waals surface area (Å²) in [4.78, 5) is 28.4. The van der Waals surface area contributed by atoms with Crippen LogP contribution in [0.1, 0.15) is 39.7 Å². The number of hydrogen-bond acceptors (Lipinski definition) is 5. The number of halogens is 2. The van der Waals surface area contributed by atoms with Crippen molar-refractivity contribution >= 4 is 50.7 Å². The minimum Gasteiger partial charge on any atom is -0.494 e. The lowest BCUT2D eigenvalue weighted by molar-refractivity contribution is -0.139. The summed E-state index contributed by atoms with van der Waals surface area (Å²) in [6, 6.07) is 18.3. The van der Waals surface area contributed by atoms with Crippen LogP contribution in [0.25, 0.3) is 0 Å². The Bertz CT molecular complexity index is 1440. The Labute approximate surface area is 252 Å². The number of benzene rings is 3. The van der Waals surface area contributed by atoms with E-state index in [4.69, 9.17) is 27.9 Å². The topological polar surface area (TPSA) is 96.0 Å². The first-order chi connectivity index (χ1) is 19.5. The first-order valence-electron chi connectivity index (χ1n) is 13.3. The van der Waals surface area contributed by atoms with Gasteiger partial charge in [-0.25, -0.2) is 8.42 Å². The van der Waals surface area contributed by atoms with Crippen molar-refractivity contribution in [3.05, 3.63) is 88.4 Å². The fraction of sp³-hybridized carbons (Fsp3) is 0.333. The number of rotatable bonds is 13. The van der Waals surface area contributed by atoms with Crippen LogP contribution < -0.4 is 14.4 Å². The maximum atomic E-state index is 14.0. The van der Waals surface area contributed by atoms with Gasteiger partial charge in [-0.1, -0.05) is 54.4 Å². The Morgan fingerprint density at radius 2 is 1.59 bits per heavy atom.